The number of rotatable bonds is 3. The summed E-state index contributed by atoms with van der Waals surface area (Å²) in [5, 5.41) is 0. The predicted molar refractivity (Wildman–Crippen MR) is 101 cm³/mol. The van der Waals surface area contributed by atoms with Gasteiger partial charge >= 0.3 is 5.97 Å². The third-order valence-electron chi connectivity index (χ3n) is 4.02. The summed E-state index contributed by atoms with van der Waals surface area (Å²) in [5.41, 5.74) is 1.89. The van der Waals surface area contributed by atoms with E-state index in [1.54, 1.807) is 18.2 Å². The number of benzene rings is 2. The van der Waals surface area contributed by atoms with Gasteiger partial charge in [-0.1, -0.05) is 23.5 Å². The predicted octanol–water partition coefficient (Wildman–Crippen LogP) is 2.70. The zero-order chi connectivity index (χ0) is 19.7. The third kappa shape index (κ3) is 3.39. The van der Waals surface area contributed by atoms with Crippen LogP contribution in [0.4, 0.5) is 4.39 Å². The molecule has 9 heteroatoms. The normalized spacial score (nSPS) is 11.9. The van der Waals surface area contributed by atoms with Crippen LogP contribution in [0, 0.1) is 5.82 Å². The smallest absolute Gasteiger partial charge is 0.325 e. The number of carbonyl (C=O) groups excluding carboxylic acids is 2. The second-order valence-corrected chi connectivity index (χ2v) is 6.83. The van der Waals surface area contributed by atoms with Crippen LogP contribution in [0.2, 0.25) is 0 Å². The summed E-state index contributed by atoms with van der Waals surface area (Å²) in [7, 11) is 1.27. The van der Waals surface area contributed by atoms with Crippen LogP contribution in [-0.2, 0) is 16.1 Å². The first kappa shape index (κ1) is 17.9. The van der Waals surface area contributed by atoms with Gasteiger partial charge in [-0.25, -0.2) is 9.37 Å². The van der Waals surface area contributed by atoms with Crippen LogP contribution in [0.3, 0.4) is 0 Å². The molecule has 0 aliphatic rings. The summed E-state index contributed by atoms with van der Waals surface area (Å²) in [6.07, 6.45) is 1.35. The summed E-state index contributed by atoms with van der Waals surface area (Å²) in [4.78, 5) is 37.3. The van der Waals surface area contributed by atoms with Gasteiger partial charge in [0.15, 0.2) is 4.80 Å². The minimum Gasteiger partial charge on any atom is -0.468 e. The van der Waals surface area contributed by atoms with Crippen molar-refractivity contribution in [1.29, 1.82) is 0 Å². The van der Waals surface area contributed by atoms with E-state index in [1.165, 1.54) is 36.1 Å². The average molecular weight is 396 g/mol. The number of hydrogen-bond donors (Lipinski definition) is 0. The number of thiazole rings is 1. The van der Waals surface area contributed by atoms with Crippen molar-refractivity contribution in [1.82, 2.24) is 14.5 Å². The van der Waals surface area contributed by atoms with Crippen LogP contribution in [0.25, 0.3) is 21.3 Å². The molecule has 2 aromatic carbocycles. The number of aromatic nitrogens is 3. The third-order valence-corrected chi connectivity index (χ3v) is 5.07. The van der Waals surface area contributed by atoms with E-state index in [2.05, 4.69) is 15.0 Å². The number of ether oxygens (including phenoxy) is 1. The maximum absolute atomic E-state index is 13.6. The number of nitrogens with zero attached hydrogens (tertiary/aromatic N) is 4. The van der Waals surface area contributed by atoms with Gasteiger partial charge < -0.3 is 9.30 Å². The van der Waals surface area contributed by atoms with Gasteiger partial charge in [0.05, 0.1) is 34.6 Å². The highest BCUT2D eigenvalue weighted by atomic mass is 32.1. The molecule has 4 rings (SSSR count). The van der Waals surface area contributed by atoms with E-state index in [0.717, 1.165) is 11.3 Å². The zero-order valence-electron chi connectivity index (χ0n) is 14.6. The van der Waals surface area contributed by atoms with Crippen molar-refractivity contribution in [3.05, 3.63) is 65.0 Å². The molecule has 2 aromatic heterocycles. The summed E-state index contributed by atoms with van der Waals surface area (Å²) >= 11 is 1.10. The van der Waals surface area contributed by atoms with E-state index in [-0.39, 0.29) is 17.0 Å². The van der Waals surface area contributed by atoms with Crippen molar-refractivity contribution in [2.75, 3.05) is 7.11 Å². The summed E-state index contributed by atoms with van der Waals surface area (Å²) in [6, 6.07) is 11.3. The number of methoxy groups -OCH3 is 1. The monoisotopic (exact) mass is 396 g/mol. The summed E-state index contributed by atoms with van der Waals surface area (Å²) in [6.45, 7) is -0.155. The van der Waals surface area contributed by atoms with Crippen LogP contribution in [0.15, 0.2) is 53.7 Å². The highest BCUT2D eigenvalue weighted by Gasteiger charge is 2.14. The first-order valence-corrected chi connectivity index (χ1v) is 9.03. The Morgan fingerprint density at radius 2 is 2.00 bits per heavy atom. The Balaban J connectivity index is 1.83. The molecule has 0 spiro atoms. The van der Waals surface area contributed by atoms with Crippen LogP contribution in [0.5, 0.6) is 0 Å². The second kappa shape index (κ2) is 7.28. The maximum Gasteiger partial charge on any atom is 0.325 e. The Kier molecular flexibility index (Phi) is 4.66. The van der Waals surface area contributed by atoms with Gasteiger partial charge in [-0.15, -0.1) is 0 Å². The SMILES string of the molecule is COC(=O)Cn1c(=NC(=O)c2cnc3ccccc3n2)sc2cc(F)ccc21. The molecule has 0 atom stereocenters. The lowest BCUT2D eigenvalue weighted by molar-refractivity contribution is -0.141. The fourth-order valence-electron chi connectivity index (χ4n) is 2.68. The van der Waals surface area contributed by atoms with Crippen LogP contribution in [-0.4, -0.2) is 33.5 Å². The fourth-order valence-corrected chi connectivity index (χ4v) is 3.74. The van der Waals surface area contributed by atoms with Crippen molar-refractivity contribution in [3.8, 4) is 0 Å². The second-order valence-electron chi connectivity index (χ2n) is 5.82. The molecule has 7 nitrogen and oxygen atoms in total. The van der Waals surface area contributed by atoms with Gasteiger partial charge in [-0.2, -0.15) is 4.99 Å². The molecule has 28 heavy (non-hydrogen) atoms. The van der Waals surface area contributed by atoms with E-state index < -0.39 is 17.7 Å². The van der Waals surface area contributed by atoms with Gasteiger partial charge in [-0.3, -0.25) is 14.6 Å². The van der Waals surface area contributed by atoms with Crippen LogP contribution < -0.4 is 4.80 Å². The Hall–Kier alpha value is -3.46. The Labute approximate surface area is 161 Å². The Bertz CT molecular complexity index is 1300. The highest BCUT2D eigenvalue weighted by molar-refractivity contribution is 7.16. The molecule has 0 saturated heterocycles. The standard InChI is InChI=1S/C19H13FN4O3S/c1-27-17(25)10-24-15-7-6-11(20)8-16(15)28-19(24)23-18(26)14-9-21-12-4-2-3-5-13(12)22-14/h2-9H,10H2,1H3. The number of amides is 1. The molecule has 4 aromatic rings. The molecule has 0 radical (unpaired) electrons. The molecule has 1 amide bonds. The number of hydrogen-bond acceptors (Lipinski definition) is 6. The van der Waals surface area contributed by atoms with E-state index in [9.17, 15) is 14.0 Å². The van der Waals surface area contributed by atoms with Crippen molar-refractivity contribution in [2.45, 2.75) is 6.54 Å². The first-order valence-electron chi connectivity index (χ1n) is 8.22. The molecule has 0 bridgehead atoms. The van der Waals surface area contributed by atoms with Gasteiger partial charge in [-0.05, 0) is 30.3 Å². The summed E-state index contributed by atoms with van der Waals surface area (Å²) < 4.78 is 20.4. The Morgan fingerprint density at radius 3 is 2.79 bits per heavy atom. The van der Waals surface area contributed by atoms with Gasteiger partial charge in [0.25, 0.3) is 5.91 Å². The largest absolute Gasteiger partial charge is 0.468 e. The molecule has 2 heterocycles. The van der Waals surface area contributed by atoms with Crippen molar-refractivity contribution >= 4 is 44.5 Å². The number of fused-ring (bicyclic) bond motifs is 2. The molecule has 0 N–H and O–H groups in total. The number of para-hydroxylation sites is 2. The molecule has 140 valence electrons. The average Bonchev–Trinajstić information content (AvgIpc) is 3.03. The molecule has 0 saturated carbocycles. The van der Waals surface area contributed by atoms with Crippen LogP contribution in [0.1, 0.15) is 10.5 Å². The molecule has 0 fully saturated rings. The quantitative estimate of drug-likeness (QED) is 0.497. The van der Waals surface area contributed by atoms with E-state index in [0.29, 0.717) is 21.3 Å². The first-order chi connectivity index (χ1) is 13.5. The molecular weight excluding hydrogens is 383 g/mol. The number of carbonyl (C=O) groups is 2. The maximum atomic E-state index is 13.6. The topological polar surface area (TPSA) is 86.4 Å². The lowest BCUT2D eigenvalue weighted by Gasteiger charge is -2.03. The van der Waals surface area contributed by atoms with Crippen molar-refractivity contribution in [3.63, 3.8) is 0 Å². The minimum atomic E-state index is -0.608. The molecule has 0 aliphatic carbocycles. The lowest BCUT2D eigenvalue weighted by Crippen LogP contribution is -2.22. The molecule has 0 unspecified atom stereocenters. The van der Waals surface area contributed by atoms with Gasteiger partial charge in [0, 0.05) is 0 Å². The van der Waals surface area contributed by atoms with Gasteiger partial charge in [0.1, 0.15) is 18.1 Å². The van der Waals surface area contributed by atoms with E-state index in [1.807, 2.05) is 6.07 Å². The van der Waals surface area contributed by atoms with Gasteiger partial charge in [0.2, 0.25) is 0 Å². The van der Waals surface area contributed by atoms with Crippen molar-refractivity contribution < 1.29 is 18.7 Å². The van der Waals surface area contributed by atoms with Crippen LogP contribution >= 0.6 is 11.3 Å². The minimum absolute atomic E-state index is 0.0759. The molecule has 0 aliphatic heterocycles. The zero-order valence-corrected chi connectivity index (χ0v) is 15.4. The van der Waals surface area contributed by atoms with E-state index >= 15 is 0 Å². The number of halogens is 1. The lowest BCUT2D eigenvalue weighted by atomic mass is 10.3. The molecular formula is C19H13FN4O3S. The van der Waals surface area contributed by atoms with E-state index in [4.69, 9.17) is 4.74 Å². The van der Waals surface area contributed by atoms with Crippen molar-refractivity contribution in [2.24, 2.45) is 4.99 Å². The summed E-state index contributed by atoms with van der Waals surface area (Å²) in [5.74, 6) is -1.54. The highest BCUT2D eigenvalue weighted by Crippen LogP contribution is 2.19. The number of esters is 1. The fraction of sp³-hybridized carbons (Fsp3) is 0.105. The Morgan fingerprint density at radius 1 is 1.21 bits per heavy atom.